The first kappa shape index (κ1) is 20.5. The Kier molecular flexibility index (Phi) is 4.67. The van der Waals surface area contributed by atoms with Crippen LogP contribution in [-0.4, -0.2) is 25.5 Å². The first-order valence-electron chi connectivity index (χ1n) is 10.7. The maximum Gasteiger partial charge on any atom is 0.192 e. The predicted octanol–water partition coefficient (Wildman–Crippen LogP) is 6.27. The molecular formula is C25H32O3Si. The van der Waals surface area contributed by atoms with E-state index in [1.54, 1.807) is 12.1 Å². The molecule has 4 heteroatoms. The number of ketones is 2. The molecule has 2 atom stereocenters. The summed E-state index contributed by atoms with van der Waals surface area (Å²) >= 11 is 0. The molecule has 0 N–H and O–H groups in total. The summed E-state index contributed by atoms with van der Waals surface area (Å²) in [5, 5.41) is 0.166. The lowest BCUT2D eigenvalue weighted by atomic mass is 9.65. The van der Waals surface area contributed by atoms with Gasteiger partial charge in [0.25, 0.3) is 0 Å². The Morgan fingerprint density at radius 2 is 1.69 bits per heavy atom. The molecule has 29 heavy (non-hydrogen) atoms. The van der Waals surface area contributed by atoms with E-state index in [2.05, 4.69) is 46.9 Å². The summed E-state index contributed by atoms with van der Waals surface area (Å²) in [5.41, 5.74) is 3.72. The van der Waals surface area contributed by atoms with E-state index in [0.29, 0.717) is 17.5 Å². The van der Waals surface area contributed by atoms with Gasteiger partial charge in [-0.3, -0.25) is 9.59 Å². The van der Waals surface area contributed by atoms with E-state index < -0.39 is 8.32 Å². The smallest absolute Gasteiger partial charge is 0.192 e. The Labute approximate surface area is 175 Å². The van der Waals surface area contributed by atoms with Crippen LogP contribution in [-0.2, 0) is 4.43 Å². The average molecular weight is 409 g/mol. The van der Waals surface area contributed by atoms with Crippen LogP contribution in [0.5, 0.6) is 0 Å². The van der Waals surface area contributed by atoms with Gasteiger partial charge in [-0.1, -0.05) is 56.7 Å². The van der Waals surface area contributed by atoms with Gasteiger partial charge in [0, 0.05) is 28.2 Å². The van der Waals surface area contributed by atoms with Gasteiger partial charge >= 0.3 is 0 Å². The second-order valence-corrected chi connectivity index (χ2v) is 15.4. The van der Waals surface area contributed by atoms with E-state index in [1.165, 1.54) is 5.57 Å². The minimum Gasteiger partial charge on any atom is -0.411 e. The van der Waals surface area contributed by atoms with E-state index in [4.69, 9.17) is 4.43 Å². The number of fused-ring (bicyclic) bond motifs is 3. The fraction of sp³-hybridized carbons (Fsp3) is 0.520. The monoisotopic (exact) mass is 408 g/mol. The molecule has 0 heterocycles. The zero-order valence-electron chi connectivity index (χ0n) is 18.5. The van der Waals surface area contributed by atoms with E-state index in [-0.39, 0.29) is 28.1 Å². The predicted molar refractivity (Wildman–Crippen MR) is 119 cm³/mol. The summed E-state index contributed by atoms with van der Waals surface area (Å²) in [5.74, 6) is 0.163. The minimum atomic E-state index is -1.89. The molecule has 0 bridgehead atoms. The standard InChI is InChI=1S/C25H32O3Si/c1-24(2,3)29(5,6)28-25(4)14-13-17-16(15-25)11-12-20-21(17)23(27)19-10-8-7-9-18(19)22(20)26/h7-11,17H,12-15H2,1-6H3/t17-,25-/m0/s1. The van der Waals surface area contributed by atoms with Crippen LogP contribution in [0.15, 0.2) is 47.1 Å². The van der Waals surface area contributed by atoms with Crippen molar-refractivity contribution in [2.24, 2.45) is 5.92 Å². The Morgan fingerprint density at radius 3 is 2.31 bits per heavy atom. The molecule has 154 valence electrons. The number of benzene rings is 1. The van der Waals surface area contributed by atoms with Crippen molar-refractivity contribution in [1.82, 2.24) is 0 Å². The highest BCUT2D eigenvalue weighted by molar-refractivity contribution is 6.74. The van der Waals surface area contributed by atoms with Crippen molar-refractivity contribution in [2.75, 3.05) is 0 Å². The summed E-state index contributed by atoms with van der Waals surface area (Å²) in [4.78, 5) is 26.3. The number of rotatable bonds is 2. The highest BCUT2D eigenvalue weighted by atomic mass is 28.4. The zero-order valence-corrected chi connectivity index (χ0v) is 19.5. The molecule has 4 rings (SSSR count). The SMILES string of the molecule is CC(C)(C)[Si](C)(C)O[C@@]1(C)CC[C@H]2C(=CCC3=C2C(=O)c2ccccc2C3=O)C1. The molecule has 0 amide bonds. The van der Waals surface area contributed by atoms with Crippen molar-refractivity contribution in [2.45, 2.75) is 77.1 Å². The van der Waals surface area contributed by atoms with Crippen LogP contribution in [0.3, 0.4) is 0 Å². The number of hydrogen-bond acceptors (Lipinski definition) is 3. The van der Waals surface area contributed by atoms with E-state index in [0.717, 1.165) is 30.4 Å². The average Bonchev–Trinajstić information content (AvgIpc) is 2.63. The second kappa shape index (κ2) is 6.61. The quantitative estimate of drug-likeness (QED) is 0.428. The van der Waals surface area contributed by atoms with Crippen molar-refractivity contribution in [1.29, 1.82) is 0 Å². The lowest BCUT2D eigenvalue weighted by molar-refractivity contribution is 0.0428. The summed E-state index contributed by atoms with van der Waals surface area (Å²) in [6.45, 7) is 13.7. The highest BCUT2D eigenvalue weighted by Crippen LogP contribution is 2.50. The molecule has 0 spiro atoms. The topological polar surface area (TPSA) is 43.4 Å². The second-order valence-electron chi connectivity index (χ2n) is 10.7. The molecule has 1 fully saturated rings. The van der Waals surface area contributed by atoms with Crippen LogP contribution in [0, 0.1) is 5.92 Å². The normalized spacial score (nSPS) is 27.2. The molecule has 3 aliphatic rings. The first-order chi connectivity index (χ1) is 13.4. The van der Waals surface area contributed by atoms with Gasteiger partial charge in [0.1, 0.15) is 0 Å². The fourth-order valence-corrected chi connectivity index (χ4v) is 6.64. The van der Waals surface area contributed by atoms with Crippen LogP contribution < -0.4 is 0 Å². The maximum absolute atomic E-state index is 13.3. The Bertz CT molecular complexity index is 961. The van der Waals surface area contributed by atoms with Gasteiger partial charge < -0.3 is 4.43 Å². The molecular weight excluding hydrogens is 376 g/mol. The molecule has 0 aliphatic heterocycles. The van der Waals surface area contributed by atoms with Crippen molar-refractivity contribution in [3.63, 3.8) is 0 Å². The maximum atomic E-state index is 13.3. The van der Waals surface area contributed by atoms with Gasteiger partial charge in [0.05, 0.1) is 5.60 Å². The molecule has 1 aromatic rings. The number of allylic oxidation sites excluding steroid dienone is 3. The molecule has 1 aromatic carbocycles. The summed E-state index contributed by atoms with van der Waals surface area (Å²) in [7, 11) is -1.89. The van der Waals surface area contributed by atoms with Crippen LogP contribution in [0.2, 0.25) is 18.1 Å². The fourth-order valence-electron chi connectivity index (χ4n) is 4.93. The lowest BCUT2D eigenvalue weighted by Crippen LogP contribution is -2.50. The Morgan fingerprint density at radius 1 is 1.07 bits per heavy atom. The van der Waals surface area contributed by atoms with Gasteiger partial charge in [-0.25, -0.2) is 0 Å². The summed E-state index contributed by atoms with van der Waals surface area (Å²) < 4.78 is 6.85. The minimum absolute atomic E-state index is 0.0383. The number of Topliss-reactive ketones (excluding diaryl/α,β-unsaturated/α-hetero) is 2. The third-order valence-corrected chi connectivity index (χ3v) is 12.1. The Balaban J connectivity index is 1.62. The Hall–Kier alpha value is -1.78. The molecule has 0 saturated heterocycles. The van der Waals surface area contributed by atoms with Crippen molar-refractivity contribution < 1.29 is 14.0 Å². The van der Waals surface area contributed by atoms with Crippen LogP contribution in [0.4, 0.5) is 0 Å². The lowest BCUT2D eigenvalue weighted by Gasteiger charge is -2.48. The molecule has 0 aromatic heterocycles. The third kappa shape index (κ3) is 3.30. The van der Waals surface area contributed by atoms with Gasteiger partial charge in [-0.05, 0) is 50.7 Å². The highest BCUT2D eigenvalue weighted by Gasteiger charge is 2.47. The van der Waals surface area contributed by atoms with E-state index >= 15 is 0 Å². The number of carbonyl (C=O) groups is 2. The van der Waals surface area contributed by atoms with Gasteiger partial charge in [-0.2, -0.15) is 0 Å². The van der Waals surface area contributed by atoms with Gasteiger partial charge in [-0.15, -0.1) is 0 Å². The first-order valence-corrected chi connectivity index (χ1v) is 13.6. The van der Waals surface area contributed by atoms with Crippen LogP contribution >= 0.6 is 0 Å². The van der Waals surface area contributed by atoms with Crippen molar-refractivity contribution in [3.8, 4) is 0 Å². The third-order valence-electron chi connectivity index (χ3n) is 7.47. The van der Waals surface area contributed by atoms with Gasteiger partial charge in [0.2, 0.25) is 0 Å². The number of carbonyl (C=O) groups excluding carboxylic acids is 2. The van der Waals surface area contributed by atoms with Crippen LogP contribution in [0.25, 0.3) is 0 Å². The molecule has 3 aliphatic carbocycles. The number of hydrogen-bond donors (Lipinski definition) is 0. The van der Waals surface area contributed by atoms with Gasteiger partial charge in [0.15, 0.2) is 19.9 Å². The largest absolute Gasteiger partial charge is 0.411 e. The zero-order chi connectivity index (χ0) is 21.2. The van der Waals surface area contributed by atoms with Crippen molar-refractivity contribution >= 4 is 19.9 Å². The molecule has 3 nitrogen and oxygen atoms in total. The van der Waals surface area contributed by atoms with Crippen LogP contribution in [0.1, 0.15) is 74.1 Å². The molecule has 0 radical (unpaired) electrons. The van der Waals surface area contributed by atoms with Crippen molar-refractivity contribution in [3.05, 3.63) is 58.2 Å². The summed E-state index contributed by atoms with van der Waals surface area (Å²) in [6, 6.07) is 7.26. The summed E-state index contributed by atoms with van der Waals surface area (Å²) in [6.07, 6.45) is 5.41. The molecule has 0 unspecified atom stereocenters. The van der Waals surface area contributed by atoms with E-state index in [1.807, 2.05) is 12.1 Å². The molecule has 1 saturated carbocycles. The van der Waals surface area contributed by atoms with E-state index in [9.17, 15) is 9.59 Å².